The summed E-state index contributed by atoms with van der Waals surface area (Å²) in [5.74, 6) is 0. The van der Waals surface area contributed by atoms with Gasteiger partial charge in [0.1, 0.15) is 6.61 Å². The first-order valence-corrected chi connectivity index (χ1v) is 4.98. The van der Waals surface area contributed by atoms with Crippen molar-refractivity contribution in [3.8, 4) is 0 Å². The average Bonchev–Trinajstić information content (AvgIpc) is 2.71. The Morgan fingerprint density at radius 2 is 2.69 bits per heavy atom. The second-order valence-electron chi connectivity index (χ2n) is 3.03. The Hall–Kier alpha value is -1.10. The maximum Gasteiger partial charge on any atom is 0.409 e. The summed E-state index contributed by atoms with van der Waals surface area (Å²) in [4.78, 5) is 16.8. The predicted octanol–water partition coefficient (Wildman–Crippen LogP) is 1.14. The first-order valence-electron chi connectivity index (χ1n) is 4.04. The van der Waals surface area contributed by atoms with Crippen LogP contribution in [-0.2, 0) is 11.2 Å². The van der Waals surface area contributed by atoms with Crippen LogP contribution in [0.15, 0.2) is 10.9 Å². The summed E-state index contributed by atoms with van der Waals surface area (Å²) < 4.78 is 4.89. The number of hydrogen-bond acceptors (Lipinski definition) is 4. The number of thiazole rings is 1. The Morgan fingerprint density at radius 1 is 1.85 bits per heavy atom. The molecule has 0 aliphatic carbocycles. The molecule has 0 spiro atoms. The minimum atomic E-state index is -0.236. The molecule has 1 saturated heterocycles. The molecule has 0 aromatic carbocycles. The van der Waals surface area contributed by atoms with Crippen molar-refractivity contribution in [3.63, 3.8) is 0 Å². The zero-order chi connectivity index (χ0) is 9.26. The van der Waals surface area contributed by atoms with Crippen LogP contribution in [0, 0.1) is 0 Å². The number of cyclic esters (lactones) is 1. The minimum Gasteiger partial charge on any atom is -0.447 e. The van der Waals surface area contributed by atoms with Crippen LogP contribution in [0.3, 0.4) is 0 Å². The van der Waals surface area contributed by atoms with Crippen molar-refractivity contribution in [2.24, 2.45) is 0 Å². The lowest BCUT2D eigenvalue weighted by Crippen LogP contribution is -2.31. The Kier molecular flexibility index (Phi) is 2.18. The van der Waals surface area contributed by atoms with E-state index in [2.05, 4.69) is 4.98 Å². The summed E-state index contributed by atoms with van der Waals surface area (Å²) >= 11 is 1.57. The molecular weight excluding hydrogens is 188 g/mol. The molecule has 1 fully saturated rings. The number of ether oxygens (including phenoxy) is 1. The molecule has 5 heteroatoms. The van der Waals surface area contributed by atoms with Gasteiger partial charge in [0.15, 0.2) is 0 Å². The van der Waals surface area contributed by atoms with Crippen LogP contribution in [-0.4, -0.2) is 35.7 Å². The third-order valence-electron chi connectivity index (χ3n) is 2.16. The van der Waals surface area contributed by atoms with Crippen LogP contribution >= 0.6 is 11.3 Å². The monoisotopic (exact) mass is 198 g/mol. The lowest BCUT2D eigenvalue weighted by molar-refractivity contribution is 0.163. The highest BCUT2D eigenvalue weighted by atomic mass is 32.1. The van der Waals surface area contributed by atoms with Gasteiger partial charge in [-0.05, 0) is 0 Å². The smallest absolute Gasteiger partial charge is 0.409 e. The Bertz CT molecular complexity index is 299. The van der Waals surface area contributed by atoms with Crippen LogP contribution in [0.25, 0.3) is 0 Å². The summed E-state index contributed by atoms with van der Waals surface area (Å²) in [6, 6.07) is 0.148. The Morgan fingerprint density at radius 3 is 3.23 bits per heavy atom. The molecule has 70 valence electrons. The molecule has 1 atom stereocenters. The van der Waals surface area contributed by atoms with E-state index in [9.17, 15) is 4.79 Å². The molecule has 1 aliphatic heterocycles. The van der Waals surface area contributed by atoms with Gasteiger partial charge in [-0.15, -0.1) is 11.3 Å². The van der Waals surface area contributed by atoms with Crippen LogP contribution in [0.5, 0.6) is 0 Å². The molecule has 1 aromatic heterocycles. The lowest BCUT2D eigenvalue weighted by Gasteiger charge is -2.13. The van der Waals surface area contributed by atoms with E-state index in [1.807, 2.05) is 5.38 Å². The number of aromatic nitrogens is 1. The van der Waals surface area contributed by atoms with Crippen molar-refractivity contribution in [2.75, 3.05) is 13.7 Å². The van der Waals surface area contributed by atoms with Gasteiger partial charge in [-0.3, -0.25) is 0 Å². The van der Waals surface area contributed by atoms with Crippen LogP contribution in [0.4, 0.5) is 4.79 Å². The Labute approximate surface area is 80.1 Å². The van der Waals surface area contributed by atoms with E-state index < -0.39 is 0 Å². The number of carbonyl (C=O) groups is 1. The number of carbonyl (C=O) groups excluding carboxylic acids is 1. The Balaban J connectivity index is 2.00. The highest BCUT2D eigenvalue weighted by Crippen LogP contribution is 2.14. The minimum absolute atomic E-state index is 0.148. The van der Waals surface area contributed by atoms with E-state index in [-0.39, 0.29) is 12.1 Å². The molecular formula is C8H10N2O2S. The number of nitrogens with zero attached hydrogens (tertiary/aromatic N) is 2. The van der Waals surface area contributed by atoms with Crippen molar-refractivity contribution in [2.45, 2.75) is 12.5 Å². The molecule has 0 saturated carbocycles. The van der Waals surface area contributed by atoms with E-state index in [0.29, 0.717) is 6.61 Å². The van der Waals surface area contributed by atoms with Gasteiger partial charge in [0.25, 0.3) is 0 Å². The van der Waals surface area contributed by atoms with Gasteiger partial charge in [0, 0.05) is 18.8 Å². The fraction of sp³-hybridized carbons (Fsp3) is 0.500. The van der Waals surface area contributed by atoms with Crippen LogP contribution < -0.4 is 0 Å². The molecule has 1 aromatic rings. The van der Waals surface area contributed by atoms with Gasteiger partial charge in [-0.2, -0.15) is 0 Å². The molecule has 1 aliphatic rings. The first-order chi connectivity index (χ1) is 6.27. The zero-order valence-corrected chi connectivity index (χ0v) is 8.08. The topological polar surface area (TPSA) is 42.4 Å². The first kappa shape index (κ1) is 8.50. The lowest BCUT2D eigenvalue weighted by atomic mass is 10.2. The maximum absolute atomic E-state index is 11.0. The van der Waals surface area contributed by atoms with Gasteiger partial charge in [0.05, 0.1) is 17.2 Å². The van der Waals surface area contributed by atoms with Crippen LogP contribution in [0.2, 0.25) is 0 Å². The number of likely N-dealkylation sites (N-methyl/N-ethyl adjacent to an activating group) is 1. The summed E-state index contributed by atoms with van der Waals surface area (Å²) in [5, 5.41) is 2.00. The third-order valence-corrected chi connectivity index (χ3v) is 2.80. The quantitative estimate of drug-likeness (QED) is 0.715. The molecule has 1 amide bonds. The number of amides is 1. The summed E-state index contributed by atoms with van der Waals surface area (Å²) in [6.07, 6.45) is 0.548. The molecule has 4 nitrogen and oxygen atoms in total. The number of hydrogen-bond donors (Lipinski definition) is 0. The fourth-order valence-corrected chi connectivity index (χ4v) is 1.88. The standard InChI is InChI=1S/C8H10N2O2S/c1-10-7(3-12-8(10)11)2-6-4-13-5-9-6/h4-5,7H,2-3H2,1H3. The van der Waals surface area contributed by atoms with E-state index in [1.165, 1.54) is 0 Å². The normalized spacial score (nSPS) is 22.1. The molecule has 0 bridgehead atoms. The predicted molar refractivity (Wildman–Crippen MR) is 48.7 cm³/mol. The maximum atomic E-state index is 11.0. The third kappa shape index (κ3) is 1.65. The second kappa shape index (κ2) is 3.33. The van der Waals surface area contributed by atoms with Gasteiger partial charge < -0.3 is 9.64 Å². The summed E-state index contributed by atoms with van der Waals surface area (Å²) in [5.41, 5.74) is 2.83. The highest BCUT2D eigenvalue weighted by molar-refractivity contribution is 7.07. The number of rotatable bonds is 2. The summed E-state index contributed by atoms with van der Waals surface area (Å²) in [6.45, 7) is 0.479. The molecule has 1 unspecified atom stereocenters. The van der Waals surface area contributed by atoms with Crippen molar-refractivity contribution >= 4 is 17.4 Å². The van der Waals surface area contributed by atoms with E-state index in [1.54, 1.807) is 28.8 Å². The molecule has 0 radical (unpaired) electrons. The van der Waals surface area contributed by atoms with Gasteiger partial charge >= 0.3 is 6.09 Å². The average molecular weight is 198 g/mol. The van der Waals surface area contributed by atoms with E-state index in [4.69, 9.17) is 4.74 Å². The molecule has 13 heavy (non-hydrogen) atoms. The molecule has 0 N–H and O–H groups in total. The van der Waals surface area contributed by atoms with E-state index in [0.717, 1.165) is 12.1 Å². The zero-order valence-electron chi connectivity index (χ0n) is 7.27. The van der Waals surface area contributed by atoms with Crippen molar-refractivity contribution in [3.05, 3.63) is 16.6 Å². The van der Waals surface area contributed by atoms with Gasteiger partial charge in [-0.1, -0.05) is 0 Å². The van der Waals surface area contributed by atoms with E-state index >= 15 is 0 Å². The van der Waals surface area contributed by atoms with Crippen molar-refractivity contribution < 1.29 is 9.53 Å². The fourth-order valence-electron chi connectivity index (χ4n) is 1.31. The molecule has 2 rings (SSSR count). The second-order valence-corrected chi connectivity index (χ2v) is 3.74. The highest BCUT2D eigenvalue weighted by Gasteiger charge is 2.29. The molecule has 2 heterocycles. The largest absolute Gasteiger partial charge is 0.447 e. The van der Waals surface area contributed by atoms with Gasteiger partial charge in [0.2, 0.25) is 0 Å². The van der Waals surface area contributed by atoms with Crippen molar-refractivity contribution in [1.82, 2.24) is 9.88 Å². The van der Waals surface area contributed by atoms with Crippen LogP contribution in [0.1, 0.15) is 5.69 Å². The van der Waals surface area contributed by atoms with Gasteiger partial charge in [-0.25, -0.2) is 9.78 Å². The van der Waals surface area contributed by atoms with Crippen molar-refractivity contribution in [1.29, 1.82) is 0 Å². The summed E-state index contributed by atoms with van der Waals surface area (Å²) in [7, 11) is 1.76. The SMILES string of the molecule is CN1C(=O)OCC1Cc1cscn1.